The van der Waals surface area contributed by atoms with Gasteiger partial charge in [0.1, 0.15) is 5.69 Å². The quantitative estimate of drug-likeness (QED) is 0.470. The number of nitrogens with one attached hydrogen (secondary N) is 1. The van der Waals surface area contributed by atoms with Gasteiger partial charge in [0, 0.05) is 11.3 Å². The normalized spacial score (nSPS) is 11.8. The molecule has 8 nitrogen and oxygen atoms in total. The molecule has 2 aromatic rings. The number of anilines is 1. The lowest BCUT2D eigenvalue weighted by molar-refractivity contribution is -0.115. The lowest BCUT2D eigenvalue weighted by Gasteiger charge is -2.13. The van der Waals surface area contributed by atoms with Crippen LogP contribution in [-0.4, -0.2) is 31.8 Å². The zero-order valence-electron chi connectivity index (χ0n) is 13.4. The van der Waals surface area contributed by atoms with E-state index < -0.39 is 10.8 Å². The molecule has 3 N–H and O–H groups in total. The maximum absolute atomic E-state index is 12.2. The van der Waals surface area contributed by atoms with Crippen molar-refractivity contribution in [3.8, 4) is 0 Å². The van der Waals surface area contributed by atoms with E-state index in [1.54, 1.807) is 31.2 Å². The van der Waals surface area contributed by atoms with E-state index in [2.05, 4.69) is 15.5 Å². The monoisotopic (exact) mass is 347 g/mol. The predicted molar refractivity (Wildman–Crippen MR) is 91.6 cm³/mol. The lowest BCUT2D eigenvalue weighted by atomic mass is 10.1. The third-order valence-electron chi connectivity index (χ3n) is 3.23. The molecule has 0 aliphatic rings. The van der Waals surface area contributed by atoms with Crippen molar-refractivity contribution >= 4 is 29.1 Å². The van der Waals surface area contributed by atoms with E-state index in [-0.39, 0.29) is 22.5 Å². The first-order chi connectivity index (χ1) is 11.3. The number of aryl methyl sites for hydroxylation is 1. The molecule has 0 bridgehead atoms. The Morgan fingerprint density at radius 2 is 1.88 bits per heavy atom. The molecule has 0 aliphatic heterocycles. The summed E-state index contributed by atoms with van der Waals surface area (Å²) in [6.07, 6.45) is 0. The minimum Gasteiger partial charge on any atom is -0.334 e. The summed E-state index contributed by atoms with van der Waals surface area (Å²) in [5.41, 5.74) is 0.861. The lowest BCUT2D eigenvalue weighted by Crippen LogP contribution is -2.33. The SMILES string of the molecule is CC(=O)c1ccc(NC(=O)[C@@H](C)Sc2nnc(C)c(=O)n2N)cc1. The van der Waals surface area contributed by atoms with Gasteiger partial charge in [0.15, 0.2) is 5.78 Å². The van der Waals surface area contributed by atoms with Gasteiger partial charge in [-0.1, -0.05) is 11.8 Å². The third-order valence-corrected chi connectivity index (χ3v) is 4.29. The summed E-state index contributed by atoms with van der Waals surface area (Å²) in [5, 5.41) is 9.87. The Morgan fingerprint density at radius 1 is 1.25 bits per heavy atom. The first-order valence-corrected chi connectivity index (χ1v) is 7.97. The van der Waals surface area contributed by atoms with Gasteiger partial charge in [-0.05, 0) is 45.0 Å². The molecule has 0 saturated heterocycles. The van der Waals surface area contributed by atoms with Gasteiger partial charge in [-0.2, -0.15) is 4.68 Å². The molecule has 0 aliphatic carbocycles. The van der Waals surface area contributed by atoms with E-state index in [1.165, 1.54) is 13.8 Å². The van der Waals surface area contributed by atoms with Crippen molar-refractivity contribution in [1.29, 1.82) is 0 Å². The molecule has 24 heavy (non-hydrogen) atoms. The van der Waals surface area contributed by atoms with Gasteiger partial charge in [-0.25, -0.2) is 0 Å². The number of aromatic nitrogens is 3. The number of nitrogens with zero attached hydrogens (tertiary/aromatic N) is 3. The number of carbonyl (C=O) groups is 2. The third kappa shape index (κ3) is 3.99. The largest absolute Gasteiger partial charge is 0.334 e. The Labute approximate surface area is 142 Å². The van der Waals surface area contributed by atoms with Crippen molar-refractivity contribution in [3.63, 3.8) is 0 Å². The smallest absolute Gasteiger partial charge is 0.294 e. The highest BCUT2D eigenvalue weighted by Gasteiger charge is 2.18. The van der Waals surface area contributed by atoms with Gasteiger partial charge in [-0.15, -0.1) is 10.2 Å². The number of hydrogen-bond donors (Lipinski definition) is 2. The molecule has 1 aromatic heterocycles. The van der Waals surface area contributed by atoms with Crippen LogP contribution in [0.2, 0.25) is 0 Å². The van der Waals surface area contributed by atoms with Crippen LogP contribution in [0.4, 0.5) is 5.69 Å². The van der Waals surface area contributed by atoms with E-state index in [0.29, 0.717) is 11.3 Å². The Balaban J connectivity index is 2.06. The minimum absolute atomic E-state index is 0.0457. The first kappa shape index (κ1) is 17.7. The highest BCUT2D eigenvalue weighted by atomic mass is 32.2. The van der Waals surface area contributed by atoms with Gasteiger partial charge >= 0.3 is 0 Å². The van der Waals surface area contributed by atoms with Crippen LogP contribution < -0.4 is 16.7 Å². The van der Waals surface area contributed by atoms with Crippen molar-refractivity contribution in [2.45, 2.75) is 31.2 Å². The Hall–Kier alpha value is -2.68. The van der Waals surface area contributed by atoms with E-state index >= 15 is 0 Å². The van der Waals surface area contributed by atoms with Gasteiger partial charge < -0.3 is 11.2 Å². The van der Waals surface area contributed by atoms with Crippen LogP contribution in [0.25, 0.3) is 0 Å². The molecule has 0 spiro atoms. The minimum atomic E-state index is -0.552. The zero-order valence-corrected chi connectivity index (χ0v) is 14.3. The summed E-state index contributed by atoms with van der Waals surface area (Å²) in [6.45, 7) is 4.64. The van der Waals surface area contributed by atoms with Crippen molar-refractivity contribution in [1.82, 2.24) is 14.9 Å². The predicted octanol–water partition coefficient (Wildman–Crippen LogP) is 0.982. The van der Waals surface area contributed by atoms with Crippen LogP contribution in [0.1, 0.15) is 29.9 Å². The standard InChI is InChI=1S/C15H17N5O3S/c1-8-14(23)20(16)15(19-18-8)24-10(3)13(22)17-12-6-4-11(5-7-12)9(2)21/h4-7,10H,16H2,1-3H3,(H,17,22)/t10-/m1/s1. The summed E-state index contributed by atoms with van der Waals surface area (Å²) in [4.78, 5) is 35.2. The second-order valence-corrected chi connectivity index (χ2v) is 6.43. The number of nitrogens with two attached hydrogens (primary N) is 1. The maximum atomic E-state index is 12.2. The van der Waals surface area contributed by atoms with Crippen molar-refractivity contribution in [3.05, 3.63) is 45.9 Å². The van der Waals surface area contributed by atoms with Crippen molar-refractivity contribution in [2.24, 2.45) is 0 Å². The van der Waals surface area contributed by atoms with E-state index in [4.69, 9.17) is 5.84 Å². The molecule has 0 fully saturated rings. The number of ketones is 1. The number of Topliss-reactive ketones (excluding diaryl/α,β-unsaturated/α-hetero) is 1. The average Bonchev–Trinajstić information content (AvgIpc) is 2.55. The van der Waals surface area contributed by atoms with E-state index in [0.717, 1.165) is 16.4 Å². The molecule has 2 rings (SSSR count). The van der Waals surface area contributed by atoms with Crippen LogP contribution in [0.15, 0.2) is 34.2 Å². The molecular formula is C15H17N5O3S. The second-order valence-electron chi connectivity index (χ2n) is 5.13. The Morgan fingerprint density at radius 3 is 2.46 bits per heavy atom. The highest BCUT2D eigenvalue weighted by Crippen LogP contribution is 2.20. The van der Waals surface area contributed by atoms with Crippen LogP contribution in [0.3, 0.4) is 0 Å². The van der Waals surface area contributed by atoms with Crippen LogP contribution in [-0.2, 0) is 4.79 Å². The van der Waals surface area contributed by atoms with Crippen LogP contribution in [0, 0.1) is 6.92 Å². The fourth-order valence-corrected chi connectivity index (χ4v) is 2.56. The van der Waals surface area contributed by atoms with Gasteiger partial charge in [-0.3, -0.25) is 14.4 Å². The molecule has 0 unspecified atom stereocenters. The molecular weight excluding hydrogens is 330 g/mol. The van der Waals surface area contributed by atoms with Crippen molar-refractivity contribution < 1.29 is 9.59 Å². The summed E-state index contributed by atoms with van der Waals surface area (Å²) in [6, 6.07) is 6.57. The van der Waals surface area contributed by atoms with Gasteiger partial charge in [0.2, 0.25) is 11.1 Å². The fourth-order valence-electron chi connectivity index (χ4n) is 1.79. The highest BCUT2D eigenvalue weighted by molar-refractivity contribution is 8.00. The van der Waals surface area contributed by atoms with Gasteiger partial charge in [0.25, 0.3) is 5.56 Å². The van der Waals surface area contributed by atoms with Crippen LogP contribution >= 0.6 is 11.8 Å². The Bertz CT molecular complexity index is 832. The topological polar surface area (TPSA) is 120 Å². The van der Waals surface area contributed by atoms with E-state index in [1.807, 2.05) is 0 Å². The number of carbonyl (C=O) groups excluding carboxylic acids is 2. The van der Waals surface area contributed by atoms with Crippen molar-refractivity contribution in [2.75, 3.05) is 11.2 Å². The number of nitrogen functional groups attached to an aromatic ring is 1. The summed E-state index contributed by atoms with van der Waals surface area (Å²) < 4.78 is 0.873. The molecule has 1 atom stereocenters. The zero-order chi connectivity index (χ0) is 17.9. The molecule has 0 saturated carbocycles. The molecule has 9 heteroatoms. The molecule has 0 radical (unpaired) electrons. The number of thioether (sulfide) groups is 1. The molecule has 1 heterocycles. The molecule has 126 valence electrons. The Kier molecular flexibility index (Phi) is 5.35. The fraction of sp³-hybridized carbons (Fsp3) is 0.267. The number of hydrogen-bond acceptors (Lipinski definition) is 7. The van der Waals surface area contributed by atoms with Gasteiger partial charge in [0.05, 0.1) is 5.25 Å². The average molecular weight is 347 g/mol. The molecule has 1 aromatic carbocycles. The summed E-state index contributed by atoms with van der Waals surface area (Å²) in [7, 11) is 0. The summed E-state index contributed by atoms with van der Waals surface area (Å²) in [5.74, 6) is 5.31. The number of amides is 1. The van der Waals surface area contributed by atoms with E-state index in [9.17, 15) is 14.4 Å². The first-order valence-electron chi connectivity index (χ1n) is 7.09. The van der Waals surface area contributed by atoms with Crippen LogP contribution in [0.5, 0.6) is 0 Å². The number of benzene rings is 1. The maximum Gasteiger partial charge on any atom is 0.294 e. The molecule has 1 amide bonds. The summed E-state index contributed by atoms with van der Waals surface area (Å²) >= 11 is 1.03. The second kappa shape index (κ2) is 7.26. The number of rotatable bonds is 5.